The second-order valence-electron chi connectivity index (χ2n) is 3.11. The predicted molar refractivity (Wildman–Crippen MR) is 62.0 cm³/mol. The first-order valence-electron chi connectivity index (χ1n) is 4.23. The molecule has 0 heterocycles. The van der Waals surface area contributed by atoms with Crippen molar-refractivity contribution in [2.45, 2.75) is 36.6 Å². The van der Waals surface area contributed by atoms with Crippen LogP contribution in [-0.2, 0) is 4.79 Å². The topological polar surface area (TPSA) is 29.1 Å². The third-order valence-corrected chi connectivity index (χ3v) is 3.94. The van der Waals surface area contributed by atoms with Crippen molar-refractivity contribution < 1.29 is 4.79 Å². The fourth-order valence-corrected chi connectivity index (χ4v) is 2.43. The highest BCUT2D eigenvalue weighted by Crippen LogP contribution is 2.24. The molecule has 0 aromatic heterocycles. The number of hydrogen-bond donors (Lipinski definition) is 1. The van der Waals surface area contributed by atoms with Crippen molar-refractivity contribution in [3.63, 3.8) is 0 Å². The third kappa shape index (κ3) is 3.20. The molecule has 4 heteroatoms. The SMILES string of the molecule is O=C(CI)N[C@H]1CCCC[C@@H]1Br. The van der Waals surface area contributed by atoms with E-state index in [0.29, 0.717) is 15.3 Å². The molecular formula is C8H13BrINO. The minimum absolute atomic E-state index is 0.159. The maximum absolute atomic E-state index is 11.1. The van der Waals surface area contributed by atoms with Gasteiger partial charge in [0, 0.05) is 10.9 Å². The van der Waals surface area contributed by atoms with Gasteiger partial charge in [0.15, 0.2) is 0 Å². The number of nitrogens with one attached hydrogen (secondary N) is 1. The Bertz CT molecular complexity index is 165. The molecule has 0 aliphatic heterocycles. The quantitative estimate of drug-likeness (QED) is 0.603. The molecule has 0 aromatic rings. The summed E-state index contributed by atoms with van der Waals surface area (Å²) in [6, 6.07) is 0.362. The van der Waals surface area contributed by atoms with E-state index in [9.17, 15) is 4.79 Å². The van der Waals surface area contributed by atoms with Crippen LogP contribution in [-0.4, -0.2) is 21.2 Å². The second-order valence-corrected chi connectivity index (χ2v) is 5.05. The summed E-state index contributed by atoms with van der Waals surface area (Å²) in [5.74, 6) is 0.159. The van der Waals surface area contributed by atoms with E-state index < -0.39 is 0 Å². The standard InChI is InChI=1S/C8H13BrINO/c9-6-3-1-2-4-7(6)11-8(12)5-10/h6-7H,1-5H2,(H,11,12)/t6-,7-/m0/s1. The molecule has 0 spiro atoms. The number of amides is 1. The average Bonchev–Trinajstić information content (AvgIpc) is 2.09. The van der Waals surface area contributed by atoms with E-state index in [4.69, 9.17) is 0 Å². The van der Waals surface area contributed by atoms with E-state index in [1.165, 1.54) is 19.3 Å². The van der Waals surface area contributed by atoms with E-state index >= 15 is 0 Å². The Morgan fingerprint density at radius 1 is 1.50 bits per heavy atom. The maximum Gasteiger partial charge on any atom is 0.230 e. The Labute approximate surface area is 95.1 Å². The largest absolute Gasteiger partial charge is 0.352 e. The lowest BCUT2D eigenvalue weighted by molar-refractivity contribution is -0.119. The second kappa shape index (κ2) is 5.42. The average molecular weight is 346 g/mol. The first-order chi connectivity index (χ1) is 5.74. The van der Waals surface area contributed by atoms with Gasteiger partial charge >= 0.3 is 0 Å². The summed E-state index contributed by atoms with van der Waals surface area (Å²) in [6.45, 7) is 0. The van der Waals surface area contributed by atoms with Gasteiger partial charge in [-0.05, 0) is 12.8 Å². The summed E-state index contributed by atoms with van der Waals surface area (Å²) in [4.78, 5) is 11.6. The van der Waals surface area contributed by atoms with Crippen molar-refractivity contribution in [2.75, 3.05) is 4.43 Å². The molecule has 0 aromatic carbocycles. The van der Waals surface area contributed by atoms with Crippen LogP contribution in [0.15, 0.2) is 0 Å². The number of carbonyl (C=O) groups is 1. The number of rotatable bonds is 2. The minimum Gasteiger partial charge on any atom is -0.352 e. The summed E-state index contributed by atoms with van der Waals surface area (Å²) in [7, 11) is 0. The molecule has 1 aliphatic carbocycles. The fraction of sp³-hybridized carbons (Fsp3) is 0.875. The van der Waals surface area contributed by atoms with E-state index in [-0.39, 0.29) is 5.91 Å². The maximum atomic E-state index is 11.1. The van der Waals surface area contributed by atoms with Crippen molar-refractivity contribution in [1.82, 2.24) is 5.32 Å². The number of alkyl halides is 2. The molecule has 0 saturated heterocycles. The highest BCUT2D eigenvalue weighted by Gasteiger charge is 2.23. The summed E-state index contributed by atoms with van der Waals surface area (Å²) >= 11 is 5.68. The molecule has 0 radical (unpaired) electrons. The molecule has 1 N–H and O–H groups in total. The molecule has 0 bridgehead atoms. The smallest absolute Gasteiger partial charge is 0.230 e. The van der Waals surface area contributed by atoms with Gasteiger partial charge in [-0.25, -0.2) is 0 Å². The van der Waals surface area contributed by atoms with Crippen LogP contribution in [0.1, 0.15) is 25.7 Å². The molecule has 1 fully saturated rings. The van der Waals surface area contributed by atoms with Crippen LogP contribution in [0, 0.1) is 0 Å². The Hall–Kier alpha value is 0.680. The molecule has 12 heavy (non-hydrogen) atoms. The number of halogens is 2. The number of carbonyl (C=O) groups excluding carboxylic acids is 1. The van der Waals surface area contributed by atoms with Crippen molar-refractivity contribution in [1.29, 1.82) is 0 Å². The monoisotopic (exact) mass is 345 g/mol. The van der Waals surface area contributed by atoms with Crippen LogP contribution in [0.5, 0.6) is 0 Å². The zero-order valence-electron chi connectivity index (χ0n) is 6.85. The van der Waals surface area contributed by atoms with Gasteiger partial charge in [-0.15, -0.1) is 0 Å². The van der Waals surface area contributed by atoms with Crippen LogP contribution in [0.3, 0.4) is 0 Å². The fourth-order valence-electron chi connectivity index (χ4n) is 1.49. The van der Waals surface area contributed by atoms with Gasteiger partial charge in [-0.3, -0.25) is 4.79 Å². The highest BCUT2D eigenvalue weighted by molar-refractivity contribution is 14.1. The molecule has 70 valence electrons. The highest BCUT2D eigenvalue weighted by atomic mass is 127. The van der Waals surface area contributed by atoms with E-state index in [1.54, 1.807) is 0 Å². The molecule has 1 saturated carbocycles. The van der Waals surface area contributed by atoms with Crippen molar-refractivity contribution >= 4 is 44.4 Å². The van der Waals surface area contributed by atoms with E-state index in [1.807, 2.05) is 0 Å². The van der Waals surface area contributed by atoms with Crippen molar-refractivity contribution in [3.8, 4) is 0 Å². The number of hydrogen-bond acceptors (Lipinski definition) is 1. The Morgan fingerprint density at radius 2 is 2.17 bits per heavy atom. The van der Waals surface area contributed by atoms with Gasteiger partial charge in [0.1, 0.15) is 0 Å². The molecule has 2 atom stereocenters. The molecule has 0 unspecified atom stereocenters. The van der Waals surface area contributed by atoms with Gasteiger partial charge in [0.2, 0.25) is 5.91 Å². The van der Waals surface area contributed by atoms with Crippen LogP contribution in [0.2, 0.25) is 0 Å². The molecular weight excluding hydrogens is 333 g/mol. The van der Waals surface area contributed by atoms with Crippen LogP contribution >= 0.6 is 38.5 Å². The normalized spacial score (nSPS) is 29.8. The lowest BCUT2D eigenvalue weighted by atomic mass is 9.95. The molecule has 1 rings (SSSR count). The van der Waals surface area contributed by atoms with Gasteiger partial charge in [0.25, 0.3) is 0 Å². The molecule has 1 amide bonds. The molecule has 2 nitrogen and oxygen atoms in total. The summed E-state index contributed by atoms with van der Waals surface area (Å²) in [5.41, 5.74) is 0. The molecule has 1 aliphatic rings. The minimum atomic E-state index is 0.159. The third-order valence-electron chi connectivity index (χ3n) is 2.15. The zero-order valence-corrected chi connectivity index (χ0v) is 10.6. The predicted octanol–water partition coefficient (Wildman–Crippen LogP) is 2.24. The van der Waals surface area contributed by atoms with Crippen LogP contribution in [0.25, 0.3) is 0 Å². The van der Waals surface area contributed by atoms with Crippen LogP contribution in [0.4, 0.5) is 0 Å². The summed E-state index contributed by atoms with van der Waals surface area (Å²) in [5, 5.41) is 3.02. The van der Waals surface area contributed by atoms with Crippen molar-refractivity contribution in [2.24, 2.45) is 0 Å². The zero-order chi connectivity index (χ0) is 8.97. The first kappa shape index (κ1) is 10.8. The Balaban J connectivity index is 2.33. The van der Waals surface area contributed by atoms with Gasteiger partial charge < -0.3 is 5.32 Å². The van der Waals surface area contributed by atoms with Crippen molar-refractivity contribution in [3.05, 3.63) is 0 Å². The lowest BCUT2D eigenvalue weighted by Crippen LogP contribution is -2.43. The summed E-state index contributed by atoms with van der Waals surface area (Å²) in [6.07, 6.45) is 4.84. The van der Waals surface area contributed by atoms with Gasteiger partial charge in [-0.1, -0.05) is 51.4 Å². The van der Waals surface area contributed by atoms with E-state index in [0.717, 1.165) is 6.42 Å². The van der Waals surface area contributed by atoms with Crippen LogP contribution < -0.4 is 5.32 Å². The van der Waals surface area contributed by atoms with Gasteiger partial charge in [0.05, 0.1) is 4.43 Å². The Kier molecular flexibility index (Phi) is 4.86. The van der Waals surface area contributed by atoms with Gasteiger partial charge in [-0.2, -0.15) is 0 Å². The van der Waals surface area contributed by atoms with E-state index in [2.05, 4.69) is 43.8 Å². The summed E-state index contributed by atoms with van der Waals surface area (Å²) < 4.78 is 0.563. The Morgan fingerprint density at radius 3 is 2.75 bits per heavy atom. The lowest BCUT2D eigenvalue weighted by Gasteiger charge is -2.27. The first-order valence-corrected chi connectivity index (χ1v) is 6.67.